The molecular weight excluding hydrogens is 542 g/mol. The second kappa shape index (κ2) is 11.4. The summed E-state index contributed by atoms with van der Waals surface area (Å²) in [6.07, 6.45) is -3.71. The van der Waals surface area contributed by atoms with E-state index in [-0.39, 0.29) is 40.4 Å². The second-order valence-electron chi connectivity index (χ2n) is 9.65. The number of hydrogen-bond acceptors (Lipinski definition) is 6. The van der Waals surface area contributed by atoms with Gasteiger partial charge in [0.15, 0.2) is 0 Å². The summed E-state index contributed by atoms with van der Waals surface area (Å²) in [5.74, 6) is -4.47. The van der Waals surface area contributed by atoms with Crippen LogP contribution < -0.4 is 21.5 Å². The first kappa shape index (κ1) is 29.2. The third-order valence-electron chi connectivity index (χ3n) is 6.85. The zero-order valence-corrected chi connectivity index (χ0v) is 22.1. The number of carbonyl (C=O) groups is 2. The molecule has 2 heterocycles. The molecule has 0 radical (unpaired) electrons. The molecule has 0 fully saturated rings. The van der Waals surface area contributed by atoms with Gasteiger partial charge in [0.2, 0.25) is 5.91 Å². The van der Waals surface area contributed by atoms with Crippen LogP contribution in [0.4, 0.5) is 17.6 Å². The summed E-state index contributed by atoms with van der Waals surface area (Å²) < 4.78 is 62.8. The van der Waals surface area contributed by atoms with Crippen LogP contribution in [0.1, 0.15) is 29.7 Å². The van der Waals surface area contributed by atoms with Crippen molar-refractivity contribution in [3.63, 3.8) is 0 Å². The number of nitrogens with zero attached hydrogens (tertiary/aromatic N) is 2. The maximum atomic E-state index is 14.5. The number of primary amides is 1. The number of pyridine rings is 1. The van der Waals surface area contributed by atoms with E-state index in [1.165, 1.54) is 26.1 Å². The molecule has 1 unspecified atom stereocenters. The Kier molecular flexibility index (Phi) is 8.13. The molecule has 41 heavy (non-hydrogen) atoms. The lowest BCUT2D eigenvalue weighted by Crippen LogP contribution is -2.40. The fourth-order valence-corrected chi connectivity index (χ4v) is 4.42. The van der Waals surface area contributed by atoms with Crippen LogP contribution in [0.2, 0.25) is 0 Å². The molecular formula is C29H27F4N5O3. The summed E-state index contributed by atoms with van der Waals surface area (Å²) in [5, 5.41) is 2.30. The smallest absolute Gasteiger partial charge is 0.398 e. The Morgan fingerprint density at radius 3 is 2.39 bits per heavy atom. The van der Waals surface area contributed by atoms with Crippen molar-refractivity contribution in [2.75, 3.05) is 20.2 Å². The zero-order valence-electron chi connectivity index (χ0n) is 22.1. The average molecular weight is 570 g/mol. The fraction of sp³-hybridized carbons (Fsp3) is 0.241. The summed E-state index contributed by atoms with van der Waals surface area (Å²) in [4.78, 5) is 33.5. The zero-order chi connectivity index (χ0) is 29.9. The SMILES string of the molecule is CN=C/C(C(=O)NCC(c1cc2c(c(-c3ccc(F)cc3)n1)OC[C@]2(C)C(N)=O)C(F)(F)F)=C(\N)c1ccccc1. The van der Waals surface area contributed by atoms with Gasteiger partial charge < -0.3 is 21.5 Å². The molecule has 0 bridgehead atoms. The van der Waals surface area contributed by atoms with Gasteiger partial charge in [0.25, 0.3) is 5.91 Å². The lowest BCUT2D eigenvalue weighted by Gasteiger charge is -2.24. The molecule has 5 N–H and O–H groups in total. The molecule has 3 aromatic rings. The molecule has 2 amide bonds. The highest BCUT2D eigenvalue weighted by atomic mass is 19.4. The molecule has 2 aromatic carbocycles. The minimum atomic E-state index is -4.87. The highest BCUT2D eigenvalue weighted by Crippen LogP contribution is 2.46. The summed E-state index contributed by atoms with van der Waals surface area (Å²) >= 11 is 0. The Hall–Kier alpha value is -4.74. The molecule has 4 rings (SSSR count). The number of alkyl halides is 3. The summed E-state index contributed by atoms with van der Waals surface area (Å²) in [6.45, 7) is 0.333. The van der Waals surface area contributed by atoms with Gasteiger partial charge in [-0.15, -0.1) is 0 Å². The van der Waals surface area contributed by atoms with E-state index in [1.54, 1.807) is 30.3 Å². The fourth-order valence-electron chi connectivity index (χ4n) is 4.42. The Bertz CT molecular complexity index is 1520. The van der Waals surface area contributed by atoms with Gasteiger partial charge in [0, 0.05) is 30.9 Å². The van der Waals surface area contributed by atoms with Crippen LogP contribution in [-0.4, -0.2) is 49.4 Å². The van der Waals surface area contributed by atoms with Crippen LogP contribution in [0.25, 0.3) is 17.0 Å². The van der Waals surface area contributed by atoms with Crippen molar-refractivity contribution in [2.45, 2.75) is 24.4 Å². The first-order valence-corrected chi connectivity index (χ1v) is 12.4. The van der Waals surface area contributed by atoms with E-state index in [0.29, 0.717) is 5.56 Å². The quantitative estimate of drug-likeness (QED) is 0.215. The van der Waals surface area contributed by atoms with E-state index >= 15 is 0 Å². The Balaban J connectivity index is 1.77. The first-order chi connectivity index (χ1) is 19.4. The van der Waals surface area contributed by atoms with Gasteiger partial charge in [0.1, 0.15) is 35.2 Å². The van der Waals surface area contributed by atoms with Crippen molar-refractivity contribution in [1.82, 2.24) is 10.3 Å². The van der Waals surface area contributed by atoms with Crippen LogP contribution in [0, 0.1) is 5.82 Å². The van der Waals surface area contributed by atoms with E-state index in [4.69, 9.17) is 16.2 Å². The number of benzene rings is 2. The molecule has 0 aliphatic carbocycles. The van der Waals surface area contributed by atoms with Crippen molar-refractivity contribution in [1.29, 1.82) is 0 Å². The van der Waals surface area contributed by atoms with Gasteiger partial charge >= 0.3 is 6.18 Å². The lowest BCUT2D eigenvalue weighted by atomic mass is 9.82. The summed E-state index contributed by atoms with van der Waals surface area (Å²) in [7, 11) is 1.40. The van der Waals surface area contributed by atoms with Crippen molar-refractivity contribution in [3.8, 4) is 17.0 Å². The van der Waals surface area contributed by atoms with E-state index in [2.05, 4.69) is 15.3 Å². The molecule has 12 heteroatoms. The molecule has 0 saturated carbocycles. The summed E-state index contributed by atoms with van der Waals surface area (Å²) in [5.41, 5.74) is 10.6. The number of aromatic nitrogens is 1. The number of hydrogen-bond donors (Lipinski definition) is 3. The van der Waals surface area contributed by atoms with Crippen LogP contribution >= 0.6 is 0 Å². The van der Waals surface area contributed by atoms with Gasteiger partial charge in [-0.1, -0.05) is 30.3 Å². The molecule has 1 aliphatic heterocycles. The third-order valence-corrected chi connectivity index (χ3v) is 6.85. The molecule has 1 aromatic heterocycles. The normalized spacial score (nSPS) is 17.9. The molecule has 2 atom stereocenters. The monoisotopic (exact) mass is 569 g/mol. The van der Waals surface area contributed by atoms with Crippen molar-refractivity contribution >= 4 is 23.7 Å². The van der Waals surface area contributed by atoms with Gasteiger partial charge in [-0.2, -0.15) is 13.2 Å². The van der Waals surface area contributed by atoms with Crippen LogP contribution in [-0.2, 0) is 15.0 Å². The molecule has 1 aliphatic rings. The van der Waals surface area contributed by atoms with E-state index in [0.717, 1.165) is 24.4 Å². The van der Waals surface area contributed by atoms with Gasteiger partial charge in [-0.3, -0.25) is 14.6 Å². The maximum Gasteiger partial charge on any atom is 0.398 e. The number of halogens is 4. The van der Waals surface area contributed by atoms with Gasteiger partial charge in [0.05, 0.1) is 17.0 Å². The van der Waals surface area contributed by atoms with Crippen LogP contribution in [0.15, 0.2) is 71.2 Å². The second-order valence-corrected chi connectivity index (χ2v) is 9.65. The Morgan fingerprint density at radius 2 is 1.80 bits per heavy atom. The molecule has 0 spiro atoms. The highest BCUT2D eigenvalue weighted by molar-refractivity contribution is 6.17. The van der Waals surface area contributed by atoms with Gasteiger partial charge in [-0.05, 0) is 42.8 Å². The predicted octanol–water partition coefficient (Wildman–Crippen LogP) is 3.86. The molecule has 0 saturated heterocycles. The standard InChI is InChI=1S/C29H27F4N5O3/c1-28(27(35)40)15-41-25-20(28)12-22(38-24(25)17-8-10-18(30)11-9-17)21(29(31,32)33)14-37-26(39)19(13-36-2)23(34)16-6-4-3-5-7-16/h3-13,21H,14-15,34H2,1-2H3,(H2,35,40)(H,37,39)/b23-19+,36-13?/t21?,28-/m0/s1. The van der Waals surface area contributed by atoms with E-state index in [1.807, 2.05) is 0 Å². The van der Waals surface area contributed by atoms with Crippen molar-refractivity contribution in [2.24, 2.45) is 16.5 Å². The molecule has 214 valence electrons. The summed E-state index contributed by atoms with van der Waals surface area (Å²) in [6, 6.07) is 14.5. The van der Waals surface area contributed by atoms with Crippen molar-refractivity contribution < 1.29 is 31.9 Å². The largest absolute Gasteiger partial charge is 0.489 e. The minimum absolute atomic E-state index is 0.0184. The van der Waals surface area contributed by atoms with Crippen molar-refractivity contribution in [3.05, 3.63) is 88.9 Å². The Labute approximate surface area is 233 Å². The number of rotatable bonds is 8. The van der Waals surface area contributed by atoms with Gasteiger partial charge in [-0.25, -0.2) is 9.37 Å². The first-order valence-electron chi connectivity index (χ1n) is 12.4. The molecule has 8 nitrogen and oxygen atoms in total. The van der Waals surface area contributed by atoms with Crippen LogP contribution in [0.5, 0.6) is 5.75 Å². The number of nitrogens with one attached hydrogen (secondary N) is 1. The average Bonchev–Trinajstić information content (AvgIpc) is 3.29. The maximum absolute atomic E-state index is 14.5. The number of ether oxygens (including phenoxy) is 1. The number of fused-ring (bicyclic) bond motifs is 1. The van der Waals surface area contributed by atoms with E-state index in [9.17, 15) is 27.2 Å². The third kappa shape index (κ3) is 5.91. The Morgan fingerprint density at radius 1 is 1.15 bits per heavy atom. The predicted molar refractivity (Wildman–Crippen MR) is 145 cm³/mol. The topological polar surface area (TPSA) is 133 Å². The minimum Gasteiger partial charge on any atom is -0.489 e. The van der Waals surface area contributed by atoms with E-state index < -0.39 is 47.4 Å². The van der Waals surface area contributed by atoms with Crippen LogP contribution in [0.3, 0.4) is 0 Å². The number of carbonyl (C=O) groups excluding carboxylic acids is 2. The number of nitrogens with two attached hydrogens (primary N) is 2. The number of aliphatic imine (C=N–C) groups is 1. The number of amides is 2. The highest BCUT2D eigenvalue weighted by Gasteiger charge is 2.47. The lowest BCUT2D eigenvalue weighted by molar-refractivity contribution is -0.151.